The quantitative estimate of drug-likeness (QED) is 0.853. The van der Waals surface area contributed by atoms with Crippen molar-refractivity contribution in [3.05, 3.63) is 40.3 Å². The third kappa shape index (κ3) is 3.29. The fraction of sp³-hybridized carbons (Fsp3) is 0.400. The number of aromatic hydroxyl groups is 1. The molecule has 0 saturated heterocycles. The largest absolute Gasteiger partial charge is 0.507 e. The summed E-state index contributed by atoms with van der Waals surface area (Å²) >= 11 is 1.65. The summed E-state index contributed by atoms with van der Waals surface area (Å²) in [6, 6.07) is 5.62. The molecule has 1 aromatic heterocycles. The van der Waals surface area contributed by atoms with Crippen molar-refractivity contribution in [2.24, 2.45) is 0 Å². The van der Waals surface area contributed by atoms with Crippen molar-refractivity contribution >= 4 is 11.3 Å². The van der Waals surface area contributed by atoms with Gasteiger partial charge >= 0.3 is 0 Å². The van der Waals surface area contributed by atoms with Gasteiger partial charge in [0.05, 0.1) is 13.2 Å². The summed E-state index contributed by atoms with van der Waals surface area (Å²) in [6.07, 6.45) is 2.77. The Kier molecular flexibility index (Phi) is 4.98. The van der Waals surface area contributed by atoms with Crippen molar-refractivity contribution < 1.29 is 9.84 Å². The van der Waals surface area contributed by atoms with E-state index in [1.165, 1.54) is 0 Å². The Labute approximate surface area is 123 Å². The van der Waals surface area contributed by atoms with Crippen LogP contribution in [0.2, 0.25) is 0 Å². The third-order valence-electron chi connectivity index (χ3n) is 3.31. The van der Waals surface area contributed by atoms with Gasteiger partial charge in [-0.05, 0) is 19.4 Å². The molecule has 5 heteroatoms. The van der Waals surface area contributed by atoms with E-state index in [2.05, 4.69) is 17.2 Å². The lowest BCUT2D eigenvalue weighted by Gasteiger charge is -2.22. The van der Waals surface area contributed by atoms with E-state index in [0.717, 1.165) is 17.0 Å². The van der Waals surface area contributed by atoms with Gasteiger partial charge in [-0.25, -0.2) is 4.98 Å². The van der Waals surface area contributed by atoms with E-state index in [1.54, 1.807) is 24.5 Å². The zero-order valence-electron chi connectivity index (χ0n) is 12.0. The number of methoxy groups -OCH3 is 1. The molecule has 4 nitrogen and oxygen atoms in total. The second-order valence-corrected chi connectivity index (χ2v) is 5.57. The predicted octanol–water partition coefficient (Wildman–Crippen LogP) is 3.66. The molecule has 0 radical (unpaired) electrons. The molecule has 2 aromatic rings. The summed E-state index contributed by atoms with van der Waals surface area (Å²) in [5.41, 5.74) is 0.862. The molecule has 0 spiro atoms. The number of nitrogens with zero attached hydrogens (tertiary/aromatic N) is 1. The molecule has 108 valence electrons. The first-order chi connectivity index (χ1) is 9.65. The number of thiazole rings is 1. The van der Waals surface area contributed by atoms with Crippen LogP contribution in [0.4, 0.5) is 0 Å². The van der Waals surface area contributed by atoms with Crippen LogP contribution in [0.5, 0.6) is 11.5 Å². The summed E-state index contributed by atoms with van der Waals surface area (Å²) < 4.78 is 5.10. The van der Waals surface area contributed by atoms with Crippen molar-refractivity contribution in [3.8, 4) is 11.5 Å². The SMILES string of the molecule is CCC(NC(C)c1ccc(OC)cc1O)c1nccs1. The van der Waals surface area contributed by atoms with Crippen LogP contribution in [0.3, 0.4) is 0 Å². The highest BCUT2D eigenvalue weighted by Gasteiger charge is 2.18. The maximum absolute atomic E-state index is 10.1. The maximum atomic E-state index is 10.1. The summed E-state index contributed by atoms with van der Waals surface area (Å²) in [4.78, 5) is 4.36. The monoisotopic (exact) mass is 292 g/mol. The molecular formula is C15H20N2O2S. The van der Waals surface area contributed by atoms with Crippen molar-refractivity contribution in [3.63, 3.8) is 0 Å². The average Bonchev–Trinajstić information content (AvgIpc) is 2.98. The Morgan fingerprint density at radius 3 is 2.80 bits per heavy atom. The molecule has 0 amide bonds. The van der Waals surface area contributed by atoms with Crippen LogP contribution in [0.25, 0.3) is 0 Å². The Bertz CT molecular complexity index is 543. The average molecular weight is 292 g/mol. The van der Waals surface area contributed by atoms with Crippen molar-refractivity contribution in [1.82, 2.24) is 10.3 Å². The van der Waals surface area contributed by atoms with Crippen molar-refractivity contribution in [1.29, 1.82) is 0 Å². The van der Waals surface area contributed by atoms with E-state index >= 15 is 0 Å². The molecule has 0 fully saturated rings. The van der Waals surface area contributed by atoms with E-state index < -0.39 is 0 Å². The maximum Gasteiger partial charge on any atom is 0.124 e. The summed E-state index contributed by atoms with van der Waals surface area (Å²) in [6.45, 7) is 4.16. The fourth-order valence-corrected chi connectivity index (χ4v) is 2.96. The summed E-state index contributed by atoms with van der Waals surface area (Å²) in [5.74, 6) is 0.906. The van der Waals surface area contributed by atoms with Crippen LogP contribution in [0.15, 0.2) is 29.8 Å². The Morgan fingerprint density at radius 2 is 2.25 bits per heavy atom. The highest BCUT2D eigenvalue weighted by atomic mass is 32.1. The van der Waals surface area contributed by atoms with Gasteiger partial charge in [0.2, 0.25) is 0 Å². The first kappa shape index (κ1) is 14.8. The van der Waals surface area contributed by atoms with E-state index in [1.807, 2.05) is 30.6 Å². The number of phenolic OH excluding ortho intramolecular Hbond substituents is 1. The van der Waals surface area contributed by atoms with Gasteiger partial charge in [-0.3, -0.25) is 0 Å². The zero-order chi connectivity index (χ0) is 14.5. The number of hydrogen-bond acceptors (Lipinski definition) is 5. The van der Waals surface area contributed by atoms with E-state index in [0.29, 0.717) is 5.75 Å². The minimum atomic E-state index is 0.0368. The van der Waals surface area contributed by atoms with Crippen molar-refractivity contribution in [2.45, 2.75) is 32.4 Å². The molecule has 0 bridgehead atoms. The number of aromatic nitrogens is 1. The van der Waals surface area contributed by atoms with Gasteiger partial charge in [0.25, 0.3) is 0 Å². The van der Waals surface area contributed by atoms with Crippen molar-refractivity contribution in [2.75, 3.05) is 7.11 Å². The number of phenols is 1. The van der Waals surface area contributed by atoms with Gasteiger partial charge in [-0.2, -0.15) is 0 Å². The zero-order valence-corrected chi connectivity index (χ0v) is 12.8. The molecule has 0 saturated carbocycles. The van der Waals surface area contributed by atoms with Gasteiger partial charge in [-0.15, -0.1) is 11.3 Å². The Balaban J connectivity index is 2.13. The van der Waals surface area contributed by atoms with Crippen LogP contribution in [-0.4, -0.2) is 17.2 Å². The third-order valence-corrected chi connectivity index (χ3v) is 4.20. The highest BCUT2D eigenvalue weighted by molar-refractivity contribution is 7.09. The normalized spacial score (nSPS) is 13.9. The van der Waals surface area contributed by atoms with E-state index in [4.69, 9.17) is 4.74 Å². The Morgan fingerprint density at radius 1 is 1.45 bits per heavy atom. The lowest BCUT2D eigenvalue weighted by molar-refractivity contribution is 0.399. The number of rotatable bonds is 6. The van der Waals surface area contributed by atoms with Gasteiger partial charge in [-0.1, -0.05) is 13.0 Å². The molecule has 2 rings (SSSR count). The lowest BCUT2D eigenvalue weighted by Crippen LogP contribution is -2.24. The number of hydrogen-bond donors (Lipinski definition) is 2. The topological polar surface area (TPSA) is 54.4 Å². The van der Waals surface area contributed by atoms with Crippen LogP contribution in [0.1, 0.15) is 42.9 Å². The van der Waals surface area contributed by atoms with Gasteiger partial charge in [0.1, 0.15) is 16.5 Å². The first-order valence-corrected chi connectivity index (χ1v) is 7.56. The lowest BCUT2D eigenvalue weighted by atomic mass is 10.1. The molecule has 1 aromatic carbocycles. The van der Waals surface area contributed by atoms with Gasteiger partial charge < -0.3 is 15.2 Å². The molecular weight excluding hydrogens is 272 g/mol. The van der Waals surface area contributed by atoms with Crippen LogP contribution < -0.4 is 10.1 Å². The molecule has 2 N–H and O–H groups in total. The van der Waals surface area contributed by atoms with E-state index in [9.17, 15) is 5.11 Å². The molecule has 20 heavy (non-hydrogen) atoms. The molecule has 2 unspecified atom stereocenters. The highest BCUT2D eigenvalue weighted by Crippen LogP contribution is 2.30. The Hall–Kier alpha value is -1.59. The number of nitrogens with one attached hydrogen (secondary N) is 1. The second-order valence-electron chi connectivity index (χ2n) is 4.64. The molecule has 0 aliphatic rings. The summed E-state index contributed by atoms with van der Waals surface area (Å²) in [7, 11) is 1.59. The summed E-state index contributed by atoms with van der Waals surface area (Å²) in [5, 5.41) is 16.6. The number of benzene rings is 1. The smallest absolute Gasteiger partial charge is 0.124 e. The predicted molar refractivity (Wildman–Crippen MR) is 81.4 cm³/mol. The molecule has 2 atom stereocenters. The standard InChI is InChI=1S/C15H20N2O2S/c1-4-13(15-16-7-8-20-15)17-10(2)12-6-5-11(19-3)9-14(12)18/h5-10,13,17-18H,4H2,1-3H3. The van der Waals surface area contributed by atoms with Gasteiger partial charge in [0.15, 0.2) is 0 Å². The minimum absolute atomic E-state index is 0.0368. The minimum Gasteiger partial charge on any atom is -0.507 e. The molecule has 1 heterocycles. The second kappa shape index (κ2) is 6.72. The van der Waals surface area contributed by atoms with Gasteiger partial charge in [0, 0.05) is 29.2 Å². The number of ether oxygens (including phenoxy) is 1. The molecule has 0 aliphatic carbocycles. The van der Waals surface area contributed by atoms with Crippen LogP contribution in [0, 0.1) is 0 Å². The van der Waals surface area contributed by atoms with Crippen LogP contribution in [-0.2, 0) is 0 Å². The van der Waals surface area contributed by atoms with E-state index in [-0.39, 0.29) is 17.8 Å². The fourth-order valence-electron chi connectivity index (χ4n) is 2.18. The van der Waals surface area contributed by atoms with Crippen LogP contribution >= 0.6 is 11.3 Å². The molecule has 0 aliphatic heterocycles. The first-order valence-electron chi connectivity index (χ1n) is 6.68.